The fraction of sp³-hybridized carbons (Fsp3) is 0.200. The van der Waals surface area contributed by atoms with E-state index in [1.165, 1.54) is 12.1 Å². The molecule has 0 spiro atoms. The first-order chi connectivity index (χ1) is 14.4. The van der Waals surface area contributed by atoms with Crippen molar-refractivity contribution in [1.29, 1.82) is 0 Å². The second kappa shape index (κ2) is 9.68. The van der Waals surface area contributed by atoms with Gasteiger partial charge in [0.15, 0.2) is 5.13 Å². The first kappa shape index (κ1) is 21.7. The van der Waals surface area contributed by atoms with Gasteiger partial charge in [0.05, 0.1) is 17.7 Å². The fourth-order valence-corrected chi connectivity index (χ4v) is 4.57. The van der Waals surface area contributed by atoms with E-state index in [9.17, 15) is 17.6 Å². The number of anilines is 1. The van der Waals surface area contributed by atoms with Crippen molar-refractivity contribution in [3.63, 3.8) is 0 Å². The van der Waals surface area contributed by atoms with Gasteiger partial charge in [0, 0.05) is 18.3 Å². The molecule has 0 saturated carbocycles. The maximum atomic E-state index is 13.0. The number of aryl methyl sites for hydroxylation is 1. The van der Waals surface area contributed by atoms with E-state index in [0.717, 1.165) is 34.8 Å². The molecule has 7 nitrogen and oxygen atoms in total. The zero-order chi connectivity index (χ0) is 21.6. The first-order valence-electron chi connectivity index (χ1n) is 8.98. The number of thiazole rings is 1. The van der Waals surface area contributed by atoms with Crippen molar-refractivity contribution in [3.05, 3.63) is 71.0 Å². The lowest BCUT2D eigenvalue weighted by atomic mass is 10.2. The van der Waals surface area contributed by atoms with Crippen LogP contribution in [0.2, 0.25) is 0 Å². The highest BCUT2D eigenvalue weighted by Crippen LogP contribution is 2.21. The average molecular weight is 450 g/mol. The number of carbonyl (C=O) groups excluding carboxylic acids is 1. The van der Waals surface area contributed by atoms with Crippen molar-refractivity contribution >= 4 is 32.4 Å². The Kier molecular flexibility index (Phi) is 7.01. The lowest BCUT2D eigenvalue weighted by molar-refractivity contribution is -0.121. The summed E-state index contributed by atoms with van der Waals surface area (Å²) in [6.45, 7) is 0.385. The van der Waals surface area contributed by atoms with Gasteiger partial charge in [0.25, 0.3) is 10.0 Å². The third-order valence-corrected chi connectivity index (χ3v) is 6.42. The van der Waals surface area contributed by atoms with Crippen LogP contribution >= 0.6 is 11.3 Å². The Labute approximate surface area is 178 Å². The fourth-order valence-electron chi connectivity index (χ4n) is 2.57. The summed E-state index contributed by atoms with van der Waals surface area (Å²) in [6.07, 6.45) is 0.594. The number of halogens is 1. The minimum atomic E-state index is -3.85. The molecule has 1 aromatic heterocycles. The molecular weight excluding hydrogens is 429 g/mol. The molecule has 3 aromatic rings. The molecule has 0 fully saturated rings. The van der Waals surface area contributed by atoms with Crippen LogP contribution in [-0.4, -0.2) is 26.4 Å². The molecule has 1 heterocycles. The van der Waals surface area contributed by atoms with Gasteiger partial charge in [0.2, 0.25) is 5.91 Å². The predicted octanol–water partition coefficient (Wildman–Crippen LogP) is 3.34. The zero-order valence-corrected chi connectivity index (χ0v) is 17.7. The second-order valence-electron chi connectivity index (χ2n) is 6.33. The van der Waals surface area contributed by atoms with Crippen LogP contribution in [0.15, 0.2) is 58.8 Å². The quantitative estimate of drug-likeness (QED) is 0.522. The summed E-state index contributed by atoms with van der Waals surface area (Å²) in [7, 11) is -2.27. The van der Waals surface area contributed by atoms with Gasteiger partial charge in [-0.3, -0.25) is 9.52 Å². The van der Waals surface area contributed by atoms with Crippen LogP contribution in [-0.2, 0) is 27.8 Å². The smallest absolute Gasteiger partial charge is 0.263 e. The van der Waals surface area contributed by atoms with E-state index in [1.807, 2.05) is 24.3 Å². The molecule has 158 valence electrons. The lowest BCUT2D eigenvalue weighted by Crippen LogP contribution is -2.23. The molecule has 10 heteroatoms. The summed E-state index contributed by atoms with van der Waals surface area (Å²) in [5.41, 5.74) is 1.53. The van der Waals surface area contributed by atoms with E-state index < -0.39 is 15.8 Å². The molecule has 0 bridgehead atoms. The minimum Gasteiger partial charge on any atom is -0.497 e. The number of ether oxygens (including phenoxy) is 1. The van der Waals surface area contributed by atoms with E-state index in [4.69, 9.17) is 4.74 Å². The molecule has 0 aliphatic carbocycles. The van der Waals surface area contributed by atoms with Crippen LogP contribution in [0.25, 0.3) is 0 Å². The molecule has 0 aliphatic heterocycles. The molecule has 30 heavy (non-hydrogen) atoms. The van der Waals surface area contributed by atoms with Gasteiger partial charge in [-0.05, 0) is 48.4 Å². The Morgan fingerprint density at radius 3 is 2.70 bits per heavy atom. The molecule has 0 aliphatic rings. The Morgan fingerprint density at radius 2 is 1.97 bits per heavy atom. The van der Waals surface area contributed by atoms with Crippen molar-refractivity contribution in [1.82, 2.24) is 10.3 Å². The number of methoxy groups -OCH3 is 1. The lowest BCUT2D eigenvalue weighted by Gasteiger charge is -2.06. The molecule has 0 unspecified atom stereocenters. The van der Waals surface area contributed by atoms with Crippen LogP contribution < -0.4 is 14.8 Å². The SMILES string of the molecule is COc1cccc(CNC(=O)CCc2csc(NS(=O)(=O)c3ccc(F)cc3)n2)c1. The topological polar surface area (TPSA) is 97.4 Å². The Bertz CT molecular complexity index is 1120. The predicted molar refractivity (Wildman–Crippen MR) is 112 cm³/mol. The van der Waals surface area contributed by atoms with Crippen LogP contribution in [0.1, 0.15) is 17.7 Å². The molecule has 0 radical (unpaired) electrons. The molecule has 2 aromatic carbocycles. The van der Waals surface area contributed by atoms with Gasteiger partial charge in [-0.1, -0.05) is 12.1 Å². The van der Waals surface area contributed by atoms with E-state index in [0.29, 0.717) is 18.7 Å². The van der Waals surface area contributed by atoms with E-state index >= 15 is 0 Å². The molecule has 2 N–H and O–H groups in total. The van der Waals surface area contributed by atoms with Gasteiger partial charge in [-0.25, -0.2) is 17.8 Å². The van der Waals surface area contributed by atoms with Crippen molar-refractivity contribution in [2.45, 2.75) is 24.3 Å². The number of hydrogen-bond donors (Lipinski definition) is 2. The number of amides is 1. The van der Waals surface area contributed by atoms with Gasteiger partial charge >= 0.3 is 0 Å². The zero-order valence-electron chi connectivity index (χ0n) is 16.1. The van der Waals surface area contributed by atoms with Crippen molar-refractivity contribution < 1.29 is 22.3 Å². The number of aromatic nitrogens is 1. The maximum absolute atomic E-state index is 13.0. The highest BCUT2D eigenvalue weighted by Gasteiger charge is 2.16. The summed E-state index contributed by atoms with van der Waals surface area (Å²) in [6, 6.07) is 11.9. The number of rotatable bonds is 9. The average Bonchev–Trinajstić information content (AvgIpc) is 3.17. The summed E-state index contributed by atoms with van der Waals surface area (Å²) >= 11 is 1.12. The van der Waals surface area contributed by atoms with Crippen LogP contribution in [0.4, 0.5) is 9.52 Å². The number of hydrogen-bond acceptors (Lipinski definition) is 6. The van der Waals surface area contributed by atoms with E-state index in [2.05, 4.69) is 15.0 Å². The first-order valence-corrected chi connectivity index (χ1v) is 11.3. The number of sulfonamides is 1. The van der Waals surface area contributed by atoms with E-state index in [1.54, 1.807) is 12.5 Å². The Morgan fingerprint density at radius 1 is 1.20 bits per heavy atom. The van der Waals surface area contributed by atoms with Crippen molar-refractivity contribution in [2.75, 3.05) is 11.8 Å². The summed E-state index contributed by atoms with van der Waals surface area (Å²) in [5.74, 6) is 0.0641. The molecule has 0 atom stereocenters. The maximum Gasteiger partial charge on any atom is 0.263 e. The summed E-state index contributed by atoms with van der Waals surface area (Å²) < 4.78 is 45.1. The number of benzene rings is 2. The number of carbonyl (C=O) groups is 1. The largest absolute Gasteiger partial charge is 0.497 e. The van der Waals surface area contributed by atoms with Crippen LogP contribution in [0.3, 0.4) is 0 Å². The highest BCUT2D eigenvalue weighted by atomic mass is 32.2. The van der Waals surface area contributed by atoms with E-state index in [-0.39, 0.29) is 22.4 Å². The second-order valence-corrected chi connectivity index (χ2v) is 8.87. The molecule has 1 amide bonds. The number of nitrogens with one attached hydrogen (secondary N) is 2. The van der Waals surface area contributed by atoms with Crippen molar-refractivity contribution in [3.8, 4) is 5.75 Å². The normalized spacial score (nSPS) is 11.1. The van der Waals surface area contributed by atoms with Crippen LogP contribution in [0.5, 0.6) is 5.75 Å². The van der Waals surface area contributed by atoms with Crippen LogP contribution in [0, 0.1) is 5.82 Å². The highest BCUT2D eigenvalue weighted by molar-refractivity contribution is 7.93. The van der Waals surface area contributed by atoms with Gasteiger partial charge in [-0.15, -0.1) is 11.3 Å². The van der Waals surface area contributed by atoms with Gasteiger partial charge in [0.1, 0.15) is 11.6 Å². The number of nitrogens with zero attached hydrogens (tertiary/aromatic N) is 1. The van der Waals surface area contributed by atoms with Gasteiger partial charge in [-0.2, -0.15) is 0 Å². The summed E-state index contributed by atoms with van der Waals surface area (Å²) in [4.78, 5) is 16.2. The molecule has 3 rings (SSSR count). The third-order valence-electron chi connectivity index (χ3n) is 4.13. The van der Waals surface area contributed by atoms with Gasteiger partial charge < -0.3 is 10.1 Å². The molecular formula is C20H20FN3O4S2. The van der Waals surface area contributed by atoms with Crippen molar-refractivity contribution in [2.24, 2.45) is 0 Å². The Balaban J connectivity index is 1.50. The summed E-state index contributed by atoms with van der Waals surface area (Å²) in [5, 5.41) is 4.71. The standard InChI is InChI=1S/C20H20FN3O4S2/c1-28-17-4-2-3-14(11-17)12-22-19(25)10-7-16-13-29-20(23-16)24-30(26,27)18-8-5-15(21)6-9-18/h2-6,8-9,11,13H,7,10,12H2,1H3,(H,22,25)(H,23,24). The molecule has 0 saturated heterocycles. The Hall–Kier alpha value is -2.98. The monoisotopic (exact) mass is 449 g/mol. The minimum absolute atomic E-state index is 0.0578. The third kappa shape index (κ3) is 6.01.